The van der Waals surface area contributed by atoms with Crippen molar-refractivity contribution in [3.63, 3.8) is 0 Å². The molecule has 4 heteroatoms. The van der Waals surface area contributed by atoms with Crippen molar-refractivity contribution in [2.45, 2.75) is 5.25 Å². The summed E-state index contributed by atoms with van der Waals surface area (Å²) in [4.78, 5) is 11.3. The van der Waals surface area contributed by atoms with Crippen LogP contribution in [-0.4, -0.2) is 15.8 Å². The van der Waals surface area contributed by atoms with Gasteiger partial charge in [0.15, 0.2) is 0 Å². The van der Waals surface area contributed by atoms with Crippen molar-refractivity contribution in [1.29, 1.82) is 0 Å². The van der Waals surface area contributed by atoms with Crippen LogP contribution in [0.25, 0.3) is 0 Å². The quantitative estimate of drug-likeness (QED) is 0.907. The highest BCUT2D eigenvalue weighted by atomic mass is 32.2. The highest BCUT2D eigenvalue weighted by Crippen LogP contribution is 2.27. The first-order valence-corrected chi connectivity index (χ1v) is 6.96. The number of carbonyl (C=O) groups is 1. The van der Waals surface area contributed by atoms with Crippen molar-refractivity contribution < 1.29 is 11.7 Å². The molecule has 0 heterocycles. The molecule has 0 saturated heterocycles. The van der Waals surface area contributed by atoms with E-state index in [9.17, 15) is 9.00 Å². The van der Waals surface area contributed by atoms with Gasteiger partial charge in [0.1, 0.15) is 5.70 Å². The molecule has 2 rings (SSSR count). The summed E-state index contributed by atoms with van der Waals surface area (Å²) in [5.74, 6) is -1.22. The molecule has 1 unspecified atom stereocenters. The minimum atomic E-state index is -2.60. The minimum absolute atomic E-state index is 0.673. The Kier molecular flexibility index (Phi) is 3.62. The average Bonchev–Trinajstić information content (AvgIpc) is 2.49. The van der Waals surface area contributed by atoms with Gasteiger partial charge in [-0.3, -0.25) is 9.00 Å². The van der Waals surface area contributed by atoms with Crippen LogP contribution in [0.3, 0.4) is 0 Å². The highest BCUT2D eigenvalue weighted by molar-refractivity contribution is 7.86. The largest absolute Gasteiger partial charge is 0.369 e. The topological polar surface area (TPSA) is 60.2 Å². The van der Waals surface area contributed by atoms with E-state index in [1.54, 1.807) is 48.5 Å². The summed E-state index contributed by atoms with van der Waals surface area (Å²) in [6, 6.07) is 17.8. The Morgan fingerprint density at radius 2 is 1.47 bits per heavy atom. The Balaban J connectivity index is 2.53. The Hall–Kier alpha value is -1.94. The molecule has 0 spiro atoms. The van der Waals surface area contributed by atoms with Gasteiger partial charge in [-0.25, -0.2) is 0 Å². The van der Waals surface area contributed by atoms with Gasteiger partial charge >= 0.3 is 0 Å². The zero-order valence-electron chi connectivity index (χ0n) is 12.2. The van der Waals surface area contributed by atoms with Gasteiger partial charge in [-0.05, 0) is 11.1 Å². The van der Waals surface area contributed by atoms with E-state index in [0.717, 1.165) is 0 Å². The van der Waals surface area contributed by atoms with Crippen molar-refractivity contribution in [2.75, 3.05) is 5.70 Å². The molecule has 1 amide bonds. The van der Waals surface area contributed by atoms with Gasteiger partial charge in [-0.2, -0.15) is 0 Å². The van der Waals surface area contributed by atoms with Gasteiger partial charge in [0.2, 0.25) is 5.91 Å². The molecular weight excluding hydrogens is 258 g/mol. The average molecular weight is 275 g/mol. The first-order valence-electron chi connectivity index (χ1n) is 6.75. The molecule has 19 heavy (non-hydrogen) atoms. The van der Waals surface area contributed by atoms with Crippen molar-refractivity contribution in [1.82, 2.24) is 0 Å². The monoisotopic (exact) mass is 275 g/mol. The molecule has 1 atom stereocenters. The van der Waals surface area contributed by atoms with Crippen LogP contribution in [0.15, 0.2) is 60.7 Å². The summed E-state index contributed by atoms with van der Waals surface area (Å²) >= 11 is 0. The first kappa shape index (κ1) is 10.9. The summed E-state index contributed by atoms with van der Waals surface area (Å²) < 4.78 is 28.1. The molecule has 0 bridgehead atoms. The van der Waals surface area contributed by atoms with Crippen LogP contribution in [0.2, 0.25) is 0 Å². The van der Waals surface area contributed by atoms with E-state index in [1.165, 1.54) is 0 Å². The zero-order chi connectivity index (χ0) is 15.5. The molecule has 2 N–H and O–H groups in total. The number of amides is 1. The van der Waals surface area contributed by atoms with Crippen molar-refractivity contribution in [2.24, 2.45) is 5.73 Å². The number of primary amides is 1. The van der Waals surface area contributed by atoms with Crippen LogP contribution < -0.4 is 5.73 Å². The summed E-state index contributed by atoms with van der Waals surface area (Å²) in [6.45, 7) is 0. The van der Waals surface area contributed by atoms with Crippen LogP contribution in [0.4, 0.5) is 0 Å². The normalized spacial score (nSPS) is 14.6. The summed E-state index contributed by atoms with van der Waals surface area (Å²) in [5, 5.41) is -0.755. The van der Waals surface area contributed by atoms with Gasteiger partial charge in [0.25, 0.3) is 0 Å². The summed E-state index contributed by atoms with van der Waals surface area (Å²) in [5.41, 5.74) is 3.80. The lowest BCUT2D eigenvalue weighted by atomic mass is 10.0. The Bertz CT molecular complexity index is 608. The van der Waals surface area contributed by atoms with E-state index in [2.05, 4.69) is 0 Å². The van der Waals surface area contributed by atoms with E-state index >= 15 is 0 Å². The fourth-order valence-electron chi connectivity index (χ4n) is 1.85. The molecule has 2 aromatic rings. The Morgan fingerprint density at radius 1 is 1.05 bits per heavy atom. The number of rotatable bonds is 5. The van der Waals surface area contributed by atoms with Crippen LogP contribution >= 0.6 is 0 Å². The molecule has 0 aliphatic rings. The fraction of sp³-hybridized carbons (Fsp3) is 0.133. The van der Waals surface area contributed by atoms with Crippen LogP contribution in [0, 0.1) is 0 Å². The number of benzene rings is 2. The van der Waals surface area contributed by atoms with Crippen molar-refractivity contribution >= 4 is 16.7 Å². The third kappa shape index (κ3) is 3.51. The van der Waals surface area contributed by atoms with Crippen molar-refractivity contribution in [3.8, 4) is 0 Å². The summed E-state index contributed by atoms with van der Waals surface area (Å²) in [7, 11) is -2.14. The van der Waals surface area contributed by atoms with Crippen molar-refractivity contribution in [3.05, 3.63) is 71.8 Å². The second-order valence-electron chi connectivity index (χ2n) is 3.97. The molecule has 2 aromatic carbocycles. The summed E-state index contributed by atoms with van der Waals surface area (Å²) in [6.07, 6.45) is 0. The lowest BCUT2D eigenvalue weighted by Gasteiger charge is -2.16. The van der Waals surface area contributed by atoms with Gasteiger partial charge in [-0.15, -0.1) is 0 Å². The highest BCUT2D eigenvalue weighted by Gasteiger charge is 2.22. The SMILES string of the molecule is [2H]C([2H])(C(N)=O)S(=O)C(c1ccccc1)c1ccccc1. The number of hydrogen-bond donors (Lipinski definition) is 1. The van der Waals surface area contributed by atoms with E-state index < -0.39 is 27.7 Å². The second-order valence-corrected chi connectivity index (χ2v) is 5.24. The van der Waals surface area contributed by atoms with Gasteiger partial charge in [0, 0.05) is 10.8 Å². The lowest BCUT2D eigenvalue weighted by molar-refractivity contribution is -0.115. The van der Waals surface area contributed by atoms with Gasteiger partial charge < -0.3 is 5.73 Å². The Labute approximate surface area is 117 Å². The smallest absolute Gasteiger partial charge is 0.230 e. The third-order valence-corrected chi connectivity index (χ3v) is 3.99. The molecule has 0 fully saturated rings. The molecule has 0 aliphatic heterocycles. The van der Waals surface area contributed by atoms with E-state index in [-0.39, 0.29) is 0 Å². The number of nitrogens with two attached hydrogens (primary N) is 1. The molecular formula is C15H15NO2S. The first-order chi connectivity index (χ1) is 9.94. The van der Waals surface area contributed by atoms with E-state index in [1.807, 2.05) is 12.1 Å². The molecule has 0 aliphatic carbocycles. The molecule has 0 radical (unpaired) electrons. The Morgan fingerprint density at radius 3 is 1.84 bits per heavy atom. The van der Waals surface area contributed by atoms with Crippen LogP contribution in [0.1, 0.15) is 19.1 Å². The van der Waals surface area contributed by atoms with Gasteiger partial charge in [0.05, 0.1) is 7.99 Å². The zero-order valence-corrected chi connectivity index (χ0v) is 11.0. The molecule has 0 aromatic heterocycles. The second kappa shape index (κ2) is 6.29. The fourth-order valence-corrected chi connectivity index (χ4v) is 2.98. The van der Waals surface area contributed by atoms with E-state index in [4.69, 9.17) is 8.48 Å². The lowest BCUT2D eigenvalue weighted by Crippen LogP contribution is -2.23. The molecule has 3 nitrogen and oxygen atoms in total. The van der Waals surface area contributed by atoms with Crippen LogP contribution in [0.5, 0.6) is 0 Å². The maximum Gasteiger partial charge on any atom is 0.230 e. The predicted molar refractivity (Wildman–Crippen MR) is 76.9 cm³/mol. The number of hydrogen-bond acceptors (Lipinski definition) is 2. The van der Waals surface area contributed by atoms with Crippen LogP contribution in [-0.2, 0) is 15.6 Å². The van der Waals surface area contributed by atoms with Gasteiger partial charge in [-0.1, -0.05) is 60.7 Å². The maximum atomic E-state index is 12.6. The van der Waals surface area contributed by atoms with E-state index in [0.29, 0.717) is 11.1 Å². The maximum absolute atomic E-state index is 12.6. The molecule has 0 saturated carbocycles. The standard InChI is InChI=1S/C15H15NO2S/c16-14(17)11-19(18)15(12-7-3-1-4-8-12)13-9-5-2-6-10-13/h1-10,15H,11H2,(H2,16,17)/i11D2. The minimum Gasteiger partial charge on any atom is -0.369 e. The molecule has 98 valence electrons. The predicted octanol–water partition coefficient (Wildman–Crippen LogP) is 2.01. The third-order valence-electron chi connectivity index (χ3n) is 2.62. The number of carbonyl (C=O) groups excluding carboxylic acids is 1.